The second-order valence-corrected chi connectivity index (χ2v) is 4.91. The van der Waals surface area contributed by atoms with Gasteiger partial charge in [-0.15, -0.1) is 0 Å². The van der Waals surface area contributed by atoms with E-state index in [1.54, 1.807) is 0 Å². The van der Waals surface area contributed by atoms with Gasteiger partial charge in [-0.25, -0.2) is 0 Å². The van der Waals surface area contributed by atoms with Crippen molar-refractivity contribution in [1.82, 2.24) is 0 Å². The van der Waals surface area contributed by atoms with Gasteiger partial charge in [-0.3, -0.25) is 0 Å². The van der Waals surface area contributed by atoms with E-state index in [9.17, 15) is 0 Å². The lowest BCUT2D eigenvalue weighted by molar-refractivity contribution is 0.567. The zero-order chi connectivity index (χ0) is 12.0. The lowest BCUT2D eigenvalue weighted by Gasteiger charge is -2.14. The Labute approximate surface area is 99.7 Å². The third-order valence-corrected chi connectivity index (χ3v) is 2.65. The normalized spacial score (nSPS) is 10.6. The van der Waals surface area contributed by atoms with Crippen LogP contribution in [-0.2, 0) is 0 Å². The highest BCUT2D eigenvalue weighted by Gasteiger charge is 1.97. The molecule has 1 aromatic carbocycles. The van der Waals surface area contributed by atoms with Gasteiger partial charge < -0.3 is 10.2 Å². The molecule has 0 fully saturated rings. The molecular formula is C14H24N2. The molecule has 90 valence electrons. The smallest absolute Gasteiger partial charge is 0.0381 e. The molecule has 1 N–H and O–H groups in total. The van der Waals surface area contributed by atoms with Crippen LogP contribution in [0.5, 0.6) is 0 Å². The number of rotatable bonds is 6. The van der Waals surface area contributed by atoms with E-state index >= 15 is 0 Å². The number of anilines is 2. The first-order valence-electron chi connectivity index (χ1n) is 6.11. The van der Waals surface area contributed by atoms with Crippen molar-refractivity contribution in [3.8, 4) is 0 Å². The van der Waals surface area contributed by atoms with Gasteiger partial charge in [-0.05, 0) is 37.0 Å². The zero-order valence-corrected chi connectivity index (χ0v) is 11.0. The van der Waals surface area contributed by atoms with Gasteiger partial charge in [0.25, 0.3) is 0 Å². The van der Waals surface area contributed by atoms with Crippen LogP contribution in [0.2, 0.25) is 0 Å². The second kappa shape index (κ2) is 6.41. The first-order valence-corrected chi connectivity index (χ1v) is 6.11. The molecule has 2 nitrogen and oxygen atoms in total. The quantitative estimate of drug-likeness (QED) is 0.737. The predicted octanol–water partition coefficient (Wildman–Crippen LogP) is 3.60. The van der Waals surface area contributed by atoms with Crippen molar-refractivity contribution in [2.45, 2.75) is 26.7 Å². The SMILES string of the molecule is CC(C)CCCNc1cccc(N(C)C)c1. The molecule has 0 saturated heterocycles. The topological polar surface area (TPSA) is 15.3 Å². The average molecular weight is 220 g/mol. The van der Waals surface area contributed by atoms with Gasteiger partial charge in [0.15, 0.2) is 0 Å². The molecule has 0 aliphatic rings. The highest BCUT2D eigenvalue weighted by molar-refractivity contribution is 5.57. The Morgan fingerprint density at radius 3 is 2.62 bits per heavy atom. The van der Waals surface area contributed by atoms with Gasteiger partial charge in [0.2, 0.25) is 0 Å². The predicted molar refractivity (Wildman–Crippen MR) is 73.3 cm³/mol. The minimum absolute atomic E-state index is 0.801. The Kier molecular flexibility index (Phi) is 5.17. The molecule has 0 heterocycles. The molecular weight excluding hydrogens is 196 g/mol. The van der Waals surface area contributed by atoms with E-state index in [0.29, 0.717) is 0 Å². The van der Waals surface area contributed by atoms with E-state index in [4.69, 9.17) is 0 Å². The fourth-order valence-electron chi connectivity index (χ4n) is 1.64. The number of hydrogen-bond acceptors (Lipinski definition) is 2. The fourth-order valence-corrected chi connectivity index (χ4v) is 1.64. The molecule has 2 heteroatoms. The average Bonchev–Trinajstić information content (AvgIpc) is 2.24. The van der Waals surface area contributed by atoms with Gasteiger partial charge in [0.05, 0.1) is 0 Å². The summed E-state index contributed by atoms with van der Waals surface area (Å²) in [5.74, 6) is 0.801. The number of nitrogens with one attached hydrogen (secondary N) is 1. The van der Waals surface area contributed by atoms with Gasteiger partial charge in [0, 0.05) is 32.0 Å². The summed E-state index contributed by atoms with van der Waals surface area (Å²) in [6, 6.07) is 8.54. The van der Waals surface area contributed by atoms with E-state index in [1.807, 2.05) is 0 Å². The summed E-state index contributed by atoms with van der Waals surface area (Å²) in [5, 5.41) is 3.47. The molecule has 1 aromatic rings. The molecule has 0 aromatic heterocycles. The minimum atomic E-state index is 0.801. The Balaban J connectivity index is 2.39. The van der Waals surface area contributed by atoms with E-state index in [2.05, 4.69) is 62.4 Å². The zero-order valence-electron chi connectivity index (χ0n) is 11.0. The van der Waals surface area contributed by atoms with Crippen molar-refractivity contribution >= 4 is 11.4 Å². The molecule has 1 rings (SSSR count). The Morgan fingerprint density at radius 2 is 2.00 bits per heavy atom. The molecule has 0 radical (unpaired) electrons. The van der Waals surface area contributed by atoms with Crippen molar-refractivity contribution in [2.24, 2.45) is 5.92 Å². The lowest BCUT2D eigenvalue weighted by Crippen LogP contribution is -2.09. The van der Waals surface area contributed by atoms with E-state index in [1.165, 1.54) is 24.2 Å². The van der Waals surface area contributed by atoms with Crippen molar-refractivity contribution in [3.05, 3.63) is 24.3 Å². The van der Waals surface area contributed by atoms with Gasteiger partial charge in [-0.1, -0.05) is 19.9 Å². The Bertz CT molecular complexity index is 305. The maximum atomic E-state index is 3.47. The molecule has 0 spiro atoms. The molecule has 16 heavy (non-hydrogen) atoms. The summed E-state index contributed by atoms with van der Waals surface area (Å²) in [5.41, 5.74) is 2.46. The van der Waals surface area contributed by atoms with E-state index < -0.39 is 0 Å². The summed E-state index contributed by atoms with van der Waals surface area (Å²) in [6.07, 6.45) is 2.53. The molecule has 0 bridgehead atoms. The van der Waals surface area contributed by atoms with Crippen LogP contribution in [0.3, 0.4) is 0 Å². The van der Waals surface area contributed by atoms with Crippen LogP contribution in [0.25, 0.3) is 0 Å². The fraction of sp³-hybridized carbons (Fsp3) is 0.571. The minimum Gasteiger partial charge on any atom is -0.385 e. The summed E-state index contributed by atoms with van der Waals surface area (Å²) in [4.78, 5) is 2.12. The summed E-state index contributed by atoms with van der Waals surface area (Å²) >= 11 is 0. The molecule has 0 aliphatic carbocycles. The second-order valence-electron chi connectivity index (χ2n) is 4.91. The van der Waals surface area contributed by atoms with Crippen molar-refractivity contribution in [1.29, 1.82) is 0 Å². The monoisotopic (exact) mass is 220 g/mol. The summed E-state index contributed by atoms with van der Waals surface area (Å²) < 4.78 is 0. The van der Waals surface area contributed by atoms with Crippen LogP contribution in [-0.4, -0.2) is 20.6 Å². The van der Waals surface area contributed by atoms with Crippen LogP contribution in [0.1, 0.15) is 26.7 Å². The van der Waals surface area contributed by atoms with Crippen LogP contribution in [0, 0.1) is 5.92 Å². The Morgan fingerprint density at radius 1 is 1.25 bits per heavy atom. The highest BCUT2D eigenvalue weighted by Crippen LogP contribution is 2.17. The first kappa shape index (κ1) is 12.9. The number of hydrogen-bond donors (Lipinski definition) is 1. The maximum Gasteiger partial charge on any atom is 0.0381 e. The lowest BCUT2D eigenvalue weighted by atomic mass is 10.1. The first-order chi connectivity index (χ1) is 7.59. The summed E-state index contributed by atoms with van der Waals surface area (Å²) in [6.45, 7) is 5.61. The maximum absolute atomic E-state index is 3.47. The van der Waals surface area contributed by atoms with Crippen molar-refractivity contribution in [3.63, 3.8) is 0 Å². The third-order valence-electron chi connectivity index (χ3n) is 2.65. The van der Waals surface area contributed by atoms with Crippen molar-refractivity contribution < 1.29 is 0 Å². The standard InChI is InChI=1S/C14H24N2/c1-12(2)7-6-10-15-13-8-5-9-14(11-13)16(3)4/h5,8-9,11-12,15H,6-7,10H2,1-4H3. The molecule has 0 atom stereocenters. The van der Waals surface area contributed by atoms with Crippen LogP contribution >= 0.6 is 0 Å². The molecule has 0 unspecified atom stereocenters. The molecule has 0 aliphatic heterocycles. The third kappa shape index (κ3) is 4.56. The Hall–Kier alpha value is -1.18. The van der Waals surface area contributed by atoms with E-state index in [-0.39, 0.29) is 0 Å². The summed E-state index contributed by atoms with van der Waals surface area (Å²) in [7, 11) is 4.13. The molecule has 0 saturated carbocycles. The number of benzene rings is 1. The largest absolute Gasteiger partial charge is 0.385 e. The molecule has 0 amide bonds. The van der Waals surface area contributed by atoms with Gasteiger partial charge in [-0.2, -0.15) is 0 Å². The highest BCUT2D eigenvalue weighted by atomic mass is 15.1. The van der Waals surface area contributed by atoms with E-state index in [0.717, 1.165) is 12.5 Å². The van der Waals surface area contributed by atoms with Gasteiger partial charge >= 0.3 is 0 Å². The number of nitrogens with zero attached hydrogens (tertiary/aromatic N) is 1. The van der Waals surface area contributed by atoms with Crippen molar-refractivity contribution in [2.75, 3.05) is 30.9 Å². The van der Waals surface area contributed by atoms with Gasteiger partial charge in [0.1, 0.15) is 0 Å². The van der Waals surface area contributed by atoms with Crippen LogP contribution in [0.15, 0.2) is 24.3 Å². The van der Waals surface area contributed by atoms with Crippen LogP contribution < -0.4 is 10.2 Å². The van der Waals surface area contributed by atoms with Crippen LogP contribution in [0.4, 0.5) is 11.4 Å².